The van der Waals surface area contributed by atoms with Crippen molar-refractivity contribution < 1.29 is 9.66 Å². The smallest absolute Gasteiger partial charge is 0.312 e. The van der Waals surface area contributed by atoms with Gasteiger partial charge in [0.1, 0.15) is 0 Å². The van der Waals surface area contributed by atoms with Crippen LogP contribution in [0.15, 0.2) is 0 Å². The average Bonchev–Trinajstić information content (AvgIpc) is 1.67. The predicted octanol–water partition coefficient (Wildman–Crippen LogP) is 0.646. The van der Waals surface area contributed by atoms with Crippen LogP contribution in [-0.4, -0.2) is 17.8 Å². The summed E-state index contributed by atoms with van der Waals surface area (Å²) in [4.78, 5) is 9.30. The molecule has 0 amide bonds. The van der Waals surface area contributed by atoms with Crippen LogP contribution in [0.2, 0.25) is 0 Å². The molecule has 0 spiro atoms. The molecule has 48 valence electrons. The van der Waals surface area contributed by atoms with E-state index in [-0.39, 0.29) is 0 Å². The molecule has 0 rings (SSSR count). The van der Waals surface area contributed by atoms with Crippen LogP contribution in [0, 0.1) is 10.1 Å². The molecule has 0 heterocycles. The predicted molar refractivity (Wildman–Crippen MR) is 28.1 cm³/mol. The normalized spacial score (nSPS) is 13.2. The highest BCUT2D eigenvalue weighted by Gasteiger charge is 2.09. The third kappa shape index (κ3) is 2.52. The van der Waals surface area contributed by atoms with E-state index in [1.165, 1.54) is 6.92 Å². The summed E-state index contributed by atoms with van der Waals surface area (Å²) in [6.07, 6.45) is -0.861. The zero-order valence-electron chi connectivity index (χ0n) is 4.96. The van der Waals surface area contributed by atoms with Crippen molar-refractivity contribution in [3.63, 3.8) is 0 Å². The standard InChI is InChI=1S/C4H9NO3/c1-3-8-4(2)5(6)7/h4H,3H2,1-2H3. The highest BCUT2D eigenvalue weighted by Crippen LogP contribution is 1.88. The highest BCUT2D eigenvalue weighted by atomic mass is 16.7. The summed E-state index contributed by atoms with van der Waals surface area (Å²) in [6.45, 7) is 3.52. The fraction of sp³-hybridized carbons (Fsp3) is 1.00. The Kier molecular flexibility index (Phi) is 3.10. The topological polar surface area (TPSA) is 52.4 Å². The SMILES string of the molecule is CCOC(C)[N+](=O)[O-]. The molecule has 0 saturated carbocycles. The molecule has 8 heavy (non-hydrogen) atoms. The second-order valence-electron chi connectivity index (χ2n) is 1.34. The van der Waals surface area contributed by atoms with E-state index < -0.39 is 11.2 Å². The molecule has 1 atom stereocenters. The maximum atomic E-state index is 9.77. The molecule has 0 aromatic rings. The van der Waals surface area contributed by atoms with E-state index in [2.05, 4.69) is 4.74 Å². The van der Waals surface area contributed by atoms with Crippen molar-refractivity contribution in [2.75, 3.05) is 6.61 Å². The molecule has 0 saturated heterocycles. The maximum absolute atomic E-state index is 9.77. The Hall–Kier alpha value is -0.640. The fourth-order valence-corrected chi connectivity index (χ4v) is 0.302. The molecule has 0 bridgehead atoms. The summed E-state index contributed by atoms with van der Waals surface area (Å²) in [6, 6.07) is 0. The van der Waals surface area contributed by atoms with E-state index in [4.69, 9.17) is 0 Å². The van der Waals surface area contributed by atoms with E-state index in [0.29, 0.717) is 6.61 Å². The number of nitrogens with zero attached hydrogens (tertiary/aromatic N) is 1. The number of nitro groups is 1. The highest BCUT2D eigenvalue weighted by molar-refractivity contribution is 4.24. The molecule has 0 aromatic heterocycles. The van der Waals surface area contributed by atoms with Gasteiger partial charge >= 0.3 is 6.23 Å². The van der Waals surface area contributed by atoms with Crippen LogP contribution in [-0.2, 0) is 4.74 Å². The Bertz CT molecular complexity index is 83.4. The number of hydrogen-bond acceptors (Lipinski definition) is 3. The molecular weight excluding hydrogens is 110 g/mol. The lowest BCUT2D eigenvalue weighted by Crippen LogP contribution is -2.18. The third-order valence-electron chi connectivity index (χ3n) is 0.705. The van der Waals surface area contributed by atoms with Gasteiger partial charge in [-0.2, -0.15) is 0 Å². The Morgan fingerprint density at radius 2 is 2.38 bits per heavy atom. The zero-order valence-corrected chi connectivity index (χ0v) is 4.96. The monoisotopic (exact) mass is 119 g/mol. The van der Waals surface area contributed by atoms with Gasteiger partial charge in [-0.3, -0.25) is 10.1 Å². The molecule has 0 aliphatic carbocycles. The van der Waals surface area contributed by atoms with Gasteiger partial charge in [0, 0.05) is 6.92 Å². The summed E-state index contributed by atoms with van der Waals surface area (Å²) >= 11 is 0. The van der Waals surface area contributed by atoms with Gasteiger partial charge in [-0.05, 0) is 6.92 Å². The lowest BCUT2D eigenvalue weighted by atomic mass is 10.7. The number of hydrogen-bond donors (Lipinski definition) is 0. The minimum atomic E-state index is -0.861. The molecule has 0 fully saturated rings. The van der Waals surface area contributed by atoms with Crippen molar-refractivity contribution in [1.82, 2.24) is 0 Å². The van der Waals surface area contributed by atoms with E-state index in [0.717, 1.165) is 0 Å². The molecule has 0 aromatic carbocycles. The maximum Gasteiger partial charge on any atom is 0.312 e. The minimum Gasteiger partial charge on any atom is -0.318 e. The van der Waals surface area contributed by atoms with Gasteiger partial charge in [-0.15, -0.1) is 0 Å². The van der Waals surface area contributed by atoms with Crippen molar-refractivity contribution in [1.29, 1.82) is 0 Å². The van der Waals surface area contributed by atoms with Gasteiger partial charge in [0.25, 0.3) is 0 Å². The Labute approximate surface area is 47.6 Å². The third-order valence-corrected chi connectivity index (χ3v) is 0.705. The zero-order chi connectivity index (χ0) is 6.57. The van der Waals surface area contributed by atoms with Crippen LogP contribution in [0.1, 0.15) is 13.8 Å². The lowest BCUT2D eigenvalue weighted by molar-refractivity contribution is -0.570. The Morgan fingerprint density at radius 1 is 1.88 bits per heavy atom. The van der Waals surface area contributed by atoms with Crippen LogP contribution in [0.5, 0.6) is 0 Å². The summed E-state index contributed by atoms with van der Waals surface area (Å²) < 4.78 is 4.60. The number of rotatable bonds is 3. The van der Waals surface area contributed by atoms with Crippen molar-refractivity contribution in [2.45, 2.75) is 20.1 Å². The molecule has 1 unspecified atom stereocenters. The van der Waals surface area contributed by atoms with Crippen molar-refractivity contribution in [2.24, 2.45) is 0 Å². The first kappa shape index (κ1) is 7.36. The Balaban J connectivity index is 3.32. The molecule has 4 nitrogen and oxygen atoms in total. The molecule has 0 N–H and O–H groups in total. The molecule has 0 aliphatic heterocycles. The van der Waals surface area contributed by atoms with Crippen LogP contribution < -0.4 is 0 Å². The van der Waals surface area contributed by atoms with Crippen LogP contribution in [0.25, 0.3) is 0 Å². The molecule has 4 heteroatoms. The van der Waals surface area contributed by atoms with Gasteiger partial charge in [0.2, 0.25) is 0 Å². The fourth-order valence-electron chi connectivity index (χ4n) is 0.302. The second-order valence-corrected chi connectivity index (χ2v) is 1.34. The van der Waals surface area contributed by atoms with Crippen LogP contribution in [0.3, 0.4) is 0 Å². The first-order chi connectivity index (χ1) is 3.68. The first-order valence-electron chi connectivity index (χ1n) is 2.43. The van der Waals surface area contributed by atoms with E-state index in [1.807, 2.05) is 0 Å². The first-order valence-corrected chi connectivity index (χ1v) is 2.43. The number of ether oxygens (including phenoxy) is 1. The average molecular weight is 119 g/mol. The summed E-state index contributed by atoms with van der Waals surface area (Å²) in [5, 5.41) is 9.77. The van der Waals surface area contributed by atoms with Gasteiger partial charge in [-0.25, -0.2) is 0 Å². The van der Waals surface area contributed by atoms with Crippen molar-refractivity contribution >= 4 is 0 Å². The largest absolute Gasteiger partial charge is 0.318 e. The van der Waals surface area contributed by atoms with E-state index in [1.54, 1.807) is 6.92 Å². The summed E-state index contributed by atoms with van der Waals surface area (Å²) in [7, 11) is 0. The van der Waals surface area contributed by atoms with Crippen molar-refractivity contribution in [3.8, 4) is 0 Å². The Morgan fingerprint density at radius 3 is 2.50 bits per heavy atom. The summed E-state index contributed by atoms with van der Waals surface area (Å²) in [5.41, 5.74) is 0. The molecule has 0 aliphatic rings. The van der Waals surface area contributed by atoms with Gasteiger partial charge < -0.3 is 4.74 Å². The molecule has 0 radical (unpaired) electrons. The quantitative estimate of drug-likeness (QED) is 0.311. The molecular formula is C4H9NO3. The van der Waals surface area contributed by atoms with Gasteiger partial charge in [-0.1, -0.05) is 0 Å². The van der Waals surface area contributed by atoms with Crippen molar-refractivity contribution in [3.05, 3.63) is 10.1 Å². The van der Waals surface area contributed by atoms with Crippen LogP contribution in [0.4, 0.5) is 0 Å². The van der Waals surface area contributed by atoms with E-state index >= 15 is 0 Å². The second kappa shape index (κ2) is 3.37. The lowest BCUT2D eigenvalue weighted by Gasteiger charge is -2.00. The van der Waals surface area contributed by atoms with Crippen LogP contribution >= 0.6 is 0 Å². The van der Waals surface area contributed by atoms with Gasteiger partial charge in [0.05, 0.1) is 11.5 Å². The minimum absolute atomic E-state index is 0.391. The summed E-state index contributed by atoms with van der Waals surface area (Å²) in [5.74, 6) is 0. The van der Waals surface area contributed by atoms with Gasteiger partial charge in [0.15, 0.2) is 0 Å². The van der Waals surface area contributed by atoms with E-state index in [9.17, 15) is 10.1 Å².